The van der Waals surface area contributed by atoms with E-state index in [0.29, 0.717) is 36.2 Å². The molecular weight excluding hydrogens is 548 g/mol. The molecule has 4 aliphatic carbocycles. The molecule has 244 valence electrons. The average molecular weight is 605 g/mol. The number of hydrogen-bond donors (Lipinski definition) is 0. The van der Waals surface area contributed by atoms with Crippen molar-refractivity contribution in [2.24, 2.45) is 52.3 Å². The van der Waals surface area contributed by atoms with E-state index >= 15 is 0 Å². The Morgan fingerprint density at radius 3 is 1.98 bits per heavy atom. The standard InChI is InChI=1S/C35H56O8/c1-20(19-40-22(3)36)10-9-11-21(2)33-31(43-25(6)39)18-29-32-28(13-15-35(29,33)8)34(7)14-12-27(41-23(4)37)16-26(34)17-30(32)42-24(5)38/h20-21,26-33H,9-19H2,1-8H3/t20?,21-,26-,27+,28+,29+,30-,31-,32-,33+,34+,35+/m1/s1. The zero-order valence-electron chi connectivity index (χ0n) is 27.8. The SMILES string of the molecule is CC(=O)OCC(C)CCC[C@@H](C)[C@H]1[C@H](OC(C)=O)C[C@H]2[C@@H]3[C@H](OC(C)=O)C[C@H]4C[C@@H](OC(C)=O)CC[C@]4(C)[C@H]3CC[C@]12C. The van der Waals surface area contributed by atoms with Crippen molar-refractivity contribution in [1.82, 2.24) is 0 Å². The summed E-state index contributed by atoms with van der Waals surface area (Å²) in [4.78, 5) is 47.8. The first-order valence-corrected chi connectivity index (χ1v) is 16.8. The summed E-state index contributed by atoms with van der Waals surface area (Å²) in [6.45, 7) is 15.7. The molecule has 0 N–H and O–H groups in total. The van der Waals surface area contributed by atoms with E-state index in [-0.39, 0.29) is 64.9 Å². The van der Waals surface area contributed by atoms with Gasteiger partial charge in [0.05, 0.1) is 6.61 Å². The summed E-state index contributed by atoms with van der Waals surface area (Å²) in [6.07, 6.45) is 9.07. The van der Waals surface area contributed by atoms with E-state index in [1.807, 2.05) is 0 Å². The van der Waals surface area contributed by atoms with Crippen molar-refractivity contribution in [3.8, 4) is 0 Å². The lowest BCUT2D eigenvalue weighted by molar-refractivity contribution is -0.197. The van der Waals surface area contributed by atoms with Crippen LogP contribution in [0, 0.1) is 52.3 Å². The van der Waals surface area contributed by atoms with Crippen LogP contribution in [0.25, 0.3) is 0 Å². The molecule has 4 aliphatic rings. The molecule has 43 heavy (non-hydrogen) atoms. The minimum absolute atomic E-state index is 0.0272. The molecule has 4 fully saturated rings. The summed E-state index contributed by atoms with van der Waals surface area (Å²) in [7, 11) is 0. The van der Waals surface area contributed by atoms with E-state index in [0.717, 1.165) is 64.2 Å². The zero-order valence-corrected chi connectivity index (χ0v) is 27.8. The molecule has 0 spiro atoms. The monoisotopic (exact) mass is 604 g/mol. The highest BCUT2D eigenvalue weighted by atomic mass is 16.6. The van der Waals surface area contributed by atoms with Gasteiger partial charge < -0.3 is 18.9 Å². The minimum atomic E-state index is -0.241. The number of esters is 4. The van der Waals surface area contributed by atoms with E-state index in [1.165, 1.54) is 27.7 Å². The van der Waals surface area contributed by atoms with Gasteiger partial charge in [0.15, 0.2) is 0 Å². The third kappa shape index (κ3) is 7.24. The Balaban J connectivity index is 1.57. The largest absolute Gasteiger partial charge is 0.466 e. The van der Waals surface area contributed by atoms with Crippen LogP contribution in [0.4, 0.5) is 0 Å². The summed E-state index contributed by atoms with van der Waals surface area (Å²) in [6, 6.07) is 0. The van der Waals surface area contributed by atoms with Crippen LogP contribution >= 0.6 is 0 Å². The maximum atomic E-state index is 12.5. The molecule has 0 aromatic heterocycles. The van der Waals surface area contributed by atoms with Crippen molar-refractivity contribution < 1.29 is 38.1 Å². The fourth-order valence-corrected chi connectivity index (χ4v) is 10.5. The van der Waals surface area contributed by atoms with Gasteiger partial charge in [-0.25, -0.2) is 0 Å². The Morgan fingerprint density at radius 1 is 0.721 bits per heavy atom. The van der Waals surface area contributed by atoms with E-state index in [2.05, 4.69) is 27.7 Å². The van der Waals surface area contributed by atoms with Gasteiger partial charge in [-0.2, -0.15) is 0 Å². The van der Waals surface area contributed by atoms with Gasteiger partial charge in [0, 0.05) is 39.5 Å². The molecule has 12 atom stereocenters. The van der Waals surface area contributed by atoms with Crippen molar-refractivity contribution in [2.45, 2.75) is 138 Å². The molecule has 0 aromatic rings. The van der Waals surface area contributed by atoms with Gasteiger partial charge in [-0.3, -0.25) is 19.2 Å². The average Bonchev–Trinajstić information content (AvgIpc) is 3.18. The van der Waals surface area contributed by atoms with Crippen molar-refractivity contribution in [3.63, 3.8) is 0 Å². The predicted molar refractivity (Wildman–Crippen MR) is 161 cm³/mol. The summed E-state index contributed by atoms with van der Waals surface area (Å²) in [5.74, 6) is 1.19. The number of ether oxygens (including phenoxy) is 4. The Bertz CT molecular complexity index is 1040. The Hall–Kier alpha value is -2.12. The van der Waals surface area contributed by atoms with Gasteiger partial charge in [-0.15, -0.1) is 0 Å². The van der Waals surface area contributed by atoms with Gasteiger partial charge in [-0.1, -0.05) is 40.5 Å². The lowest BCUT2D eigenvalue weighted by Gasteiger charge is -2.62. The Morgan fingerprint density at radius 2 is 1.35 bits per heavy atom. The maximum Gasteiger partial charge on any atom is 0.302 e. The number of hydrogen-bond acceptors (Lipinski definition) is 8. The number of carbonyl (C=O) groups excluding carboxylic acids is 4. The fourth-order valence-electron chi connectivity index (χ4n) is 10.5. The third-order valence-electron chi connectivity index (χ3n) is 12.2. The van der Waals surface area contributed by atoms with E-state index < -0.39 is 0 Å². The fraction of sp³-hybridized carbons (Fsp3) is 0.886. The van der Waals surface area contributed by atoms with Crippen LogP contribution in [0.2, 0.25) is 0 Å². The first-order valence-electron chi connectivity index (χ1n) is 16.8. The topological polar surface area (TPSA) is 105 Å². The maximum absolute atomic E-state index is 12.5. The van der Waals surface area contributed by atoms with Crippen molar-refractivity contribution in [1.29, 1.82) is 0 Å². The Labute approximate surface area is 258 Å². The van der Waals surface area contributed by atoms with Crippen molar-refractivity contribution in [3.05, 3.63) is 0 Å². The minimum Gasteiger partial charge on any atom is -0.466 e. The van der Waals surface area contributed by atoms with Crippen LogP contribution in [0.1, 0.15) is 120 Å². The quantitative estimate of drug-likeness (QED) is 0.201. The molecule has 8 nitrogen and oxygen atoms in total. The number of carbonyl (C=O) groups is 4. The lowest BCUT2D eigenvalue weighted by Crippen LogP contribution is -2.59. The molecule has 4 saturated carbocycles. The number of rotatable bonds is 10. The molecule has 0 amide bonds. The van der Waals surface area contributed by atoms with Crippen LogP contribution in [-0.4, -0.2) is 48.8 Å². The summed E-state index contributed by atoms with van der Waals surface area (Å²) >= 11 is 0. The normalized spacial score (nSPS) is 39.7. The predicted octanol–water partition coefficient (Wildman–Crippen LogP) is 6.67. The molecule has 0 radical (unpaired) electrons. The van der Waals surface area contributed by atoms with Crippen LogP contribution < -0.4 is 0 Å². The molecule has 8 heteroatoms. The summed E-state index contributed by atoms with van der Waals surface area (Å²) in [5, 5.41) is 0. The number of fused-ring (bicyclic) bond motifs is 5. The second kappa shape index (κ2) is 13.5. The van der Waals surface area contributed by atoms with Crippen molar-refractivity contribution >= 4 is 23.9 Å². The molecule has 0 bridgehead atoms. The van der Waals surface area contributed by atoms with Crippen LogP contribution in [0.3, 0.4) is 0 Å². The highest BCUT2D eigenvalue weighted by molar-refractivity contribution is 5.67. The van der Waals surface area contributed by atoms with Crippen molar-refractivity contribution in [2.75, 3.05) is 6.61 Å². The molecular formula is C35H56O8. The Kier molecular flexibility index (Phi) is 10.6. The van der Waals surface area contributed by atoms with Crippen LogP contribution in [-0.2, 0) is 38.1 Å². The molecule has 0 aliphatic heterocycles. The lowest BCUT2D eigenvalue weighted by atomic mass is 9.43. The smallest absolute Gasteiger partial charge is 0.302 e. The second-order valence-corrected chi connectivity index (χ2v) is 15.2. The third-order valence-corrected chi connectivity index (χ3v) is 12.2. The van der Waals surface area contributed by atoms with Gasteiger partial charge in [-0.05, 0) is 91.8 Å². The van der Waals surface area contributed by atoms with E-state index in [9.17, 15) is 19.2 Å². The summed E-state index contributed by atoms with van der Waals surface area (Å²) < 4.78 is 23.2. The molecule has 4 rings (SSSR count). The van der Waals surface area contributed by atoms with Gasteiger partial charge in [0.25, 0.3) is 0 Å². The van der Waals surface area contributed by atoms with E-state index in [1.54, 1.807) is 0 Å². The molecule has 0 heterocycles. The zero-order chi connectivity index (χ0) is 31.7. The highest BCUT2D eigenvalue weighted by Crippen LogP contribution is 2.69. The highest BCUT2D eigenvalue weighted by Gasteiger charge is 2.66. The van der Waals surface area contributed by atoms with Crippen LogP contribution in [0.15, 0.2) is 0 Å². The second-order valence-electron chi connectivity index (χ2n) is 15.2. The van der Waals surface area contributed by atoms with Gasteiger partial charge >= 0.3 is 23.9 Å². The van der Waals surface area contributed by atoms with E-state index in [4.69, 9.17) is 18.9 Å². The van der Waals surface area contributed by atoms with Gasteiger partial charge in [0.1, 0.15) is 18.3 Å². The molecule has 1 unspecified atom stereocenters. The molecule has 0 saturated heterocycles. The first-order chi connectivity index (χ1) is 20.2. The van der Waals surface area contributed by atoms with Crippen LogP contribution in [0.5, 0.6) is 0 Å². The molecule has 0 aromatic carbocycles. The van der Waals surface area contributed by atoms with Gasteiger partial charge in [0.2, 0.25) is 0 Å². The first kappa shape index (κ1) is 33.8. The summed E-state index contributed by atoms with van der Waals surface area (Å²) in [5.41, 5.74) is 0.0681.